The number of hydrogen-bond donors (Lipinski definition) is 0. The average molecular weight is 975 g/mol. The van der Waals surface area contributed by atoms with E-state index in [2.05, 4.69) is 159 Å². The van der Waals surface area contributed by atoms with Crippen molar-refractivity contribution in [3.05, 3.63) is 0 Å². The van der Waals surface area contributed by atoms with Gasteiger partial charge in [-0.25, -0.2) is 0 Å². The van der Waals surface area contributed by atoms with E-state index in [1.807, 2.05) is 111 Å². The van der Waals surface area contributed by atoms with E-state index < -0.39 is 12.7 Å². The summed E-state index contributed by atoms with van der Waals surface area (Å²) in [6.07, 6.45) is 3.53. The van der Waals surface area contributed by atoms with Gasteiger partial charge in [-0.2, -0.15) is 0 Å². The van der Waals surface area contributed by atoms with E-state index in [0.29, 0.717) is 36.0 Å². The second-order valence-electron chi connectivity index (χ2n) is 23.9. The summed E-state index contributed by atoms with van der Waals surface area (Å²) >= 11 is 0. The van der Waals surface area contributed by atoms with E-state index in [1.165, 1.54) is 0 Å². The maximum absolute atomic E-state index is 7.84. The molecule has 0 aliphatic heterocycles. The van der Waals surface area contributed by atoms with Crippen molar-refractivity contribution < 1.29 is 17.8 Å². The van der Waals surface area contributed by atoms with Gasteiger partial charge in [-0.05, 0) is 93.0 Å². The van der Waals surface area contributed by atoms with Gasteiger partial charge in [0.2, 0.25) is 0 Å². The Balaban J connectivity index is -0.0000000729. The first kappa shape index (κ1) is 61.3. The van der Waals surface area contributed by atoms with Crippen molar-refractivity contribution in [1.29, 1.82) is 0 Å². The van der Waals surface area contributed by atoms with Crippen molar-refractivity contribution in [2.45, 2.75) is 348 Å². The molecule has 0 fully saturated rings. The molecule has 0 heteroatoms. The van der Waals surface area contributed by atoms with E-state index in [0.717, 1.165) is 32.1 Å². The van der Waals surface area contributed by atoms with E-state index in [-0.39, 0.29) is 76.2 Å². The second kappa shape index (κ2) is 62.1. The Morgan fingerprint density at radius 3 is 0.657 bits per heavy atom. The lowest BCUT2D eigenvalue weighted by molar-refractivity contribution is 0.254. The zero-order valence-corrected chi connectivity index (χ0v) is 55.9. The first-order valence-electron chi connectivity index (χ1n) is 34.2. The van der Waals surface area contributed by atoms with Crippen LogP contribution in [0.15, 0.2) is 0 Å². The second-order valence-corrected chi connectivity index (χ2v) is 23.9. The van der Waals surface area contributed by atoms with Crippen molar-refractivity contribution in [2.24, 2.45) is 93.0 Å². The Morgan fingerprint density at radius 2 is 0.657 bits per heavy atom. The molecule has 0 saturated carbocycles. The molecule has 0 N–H and O–H groups in total. The topological polar surface area (TPSA) is 0 Å². The van der Waals surface area contributed by atoms with Crippen LogP contribution in [0.5, 0.6) is 0 Å². The first-order chi connectivity index (χ1) is 34.2. The molecule has 4 atom stereocenters. The fraction of sp³-hybridized carbons (Fsp3) is 1.00. The fourth-order valence-corrected chi connectivity index (χ4v) is 1.86. The lowest BCUT2D eigenvalue weighted by Gasteiger charge is -2.25. The summed E-state index contributed by atoms with van der Waals surface area (Å²) in [5, 5.41) is 0. The average Bonchev–Trinajstić information content (AvgIpc) is 3.23. The highest BCUT2D eigenvalue weighted by Crippen LogP contribution is 2.27. The largest absolute Gasteiger partial charge is 0.0654 e. The third kappa shape index (κ3) is 128. The Kier molecular flexibility index (Phi) is 56.8. The zero-order valence-electron chi connectivity index (χ0n) is 68.9. The molecule has 0 aliphatic carbocycles. The molecule has 0 spiro atoms. The van der Waals surface area contributed by atoms with Crippen LogP contribution in [0, 0.1) is 93.0 Å². The van der Waals surface area contributed by atoms with Crippen LogP contribution in [0.1, 0.15) is 366 Å². The van der Waals surface area contributed by atoms with E-state index >= 15 is 0 Å². The maximum atomic E-state index is 7.84. The van der Waals surface area contributed by atoms with Gasteiger partial charge in [0, 0.05) is 17.8 Å². The standard InChI is InChI=1S/2C8H18.2C7H16.3C6H14.3C5H12.C4H10/c1-6-7(2)8(3,4)5;1-6(2)8(5)7(3)4;1-6(2)7(3,4)5;1-5-7(4)6(2)3;1-5-6(2,3)4;1-5(2)6(3)4;1-4-6(3)5-2;3*1-4-5(2)3;1-3-4-2/h7H,6H2,1-5H3;6-8H,1-5H3;6H,1-5H3;6-7H,5H2,1-4H3;5H2,1-4H3;5-6H,1-4H3;6H,4-5H2,1-3H3;3*5H,4H2,1-3H3;3-4H2,1-2H3/i7D;8D;6D;7D;2*5D;6D;5D;4D2;4D;3D2. The maximum Gasteiger partial charge on any atom is 0.0305 e. The van der Waals surface area contributed by atoms with Crippen LogP contribution in [-0.4, -0.2) is 0 Å². The van der Waals surface area contributed by atoms with Gasteiger partial charge in [0.1, 0.15) is 0 Å². The van der Waals surface area contributed by atoms with Gasteiger partial charge in [0.15, 0.2) is 0 Å². The monoisotopic (exact) mass is 974 g/mol. The van der Waals surface area contributed by atoms with Crippen molar-refractivity contribution >= 4 is 0 Å². The van der Waals surface area contributed by atoms with Crippen molar-refractivity contribution in [3.8, 4) is 0 Å². The molecule has 0 rings (SSSR count). The van der Waals surface area contributed by atoms with Gasteiger partial charge in [-0.1, -0.05) is 348 Å². The summed E-state index contributed by atoms with van der Waals surface area (Å²) < 4.78 is 94.9. The summed E-state index contributed by atoms with van der Waals surface area (Å²) in [5.74, 6) is 0.840. The van der Waals surface area contributed by atoms with E-state index in [1.54, 1.807) is 13.8 Å². The minimum Gasteiger partial charge on any atom is -0.0654 e. The minimum absolute atomic E-state index is 0.0486. The van der Waals surface area contributed by atoms with Crippen LogP contribution < -0.4 is 0 Å². The molecular weight excluding hydrogens is 805 g/mol. The van der Waals surface area contributed by atoms with E-state index in [9.17, 15) is 0 Å². The number of rotatable bonds is 12. The van der Waals surface area contributed by atoms with Crippen molar-refractivity contribution in [2.75, 3.05) is 0 Å². The normalized spacial score (nSPS) is 17.7. The highest BCUT2D eigenvalue weighted by molar-refractivity contribution is 4.67. The summed E-state index contributed by atoms with van der Waals surface area (Å²) in [7, 11) is 0. The van der Waals surface area contributed by atoms with E-state index in [4.69, 9.17) is 17.8 Å². The SMILES string of the molecule is [2H]C(C)(C(C)C)C(C)C.[2H]C(C)(C)C(C)(C)C.[2H]C(C)(C)C(C)C.[2H]C(C)(C)CC.[2H]C(C)(CC)C(C)(C)C.[2H]C(C)(CC)C(C)C.[2H]C(C)(CC)CC.[2H]C(C)C(C)(C)C.[2H]C(C)C(C)C.[2H]C([2H])(C)C(C)C.[2H]C([2H])(C)CC. The molecule has 4 unspecified atom stereocenters. The van der Waals surface area contributed by atoms with Gasteiger partial charge < -0.3 is 0 Å². The van der Waals surface area contributed by atoms with Crippen LogP contribution in [0.4, 0.5) is 0 Å². The highest BCUT2D eigenvalue weighted by Gasteiger charge is 2.17. The minimum atomic E-state index is -1.00. The predicted octanol–water partition coefficient (Wildman–Crippen LogP) is 26.5. The molecule has 67 heavy (non-hydrogen) atoms. The van der Waals surface area contributed by atoms with Crippen LogP contribution in [0.2, 0.25) is 0 Å². The smallest absolute Gasteiger partial charge is 0.0305 e. The summed E-state index contributed by atoms with van der Waals surface area (Å²) in [6.45, 7) is 82.0. The Labute approximate surface area is 457 Å². The Hall–Kier alpha value is 0. The molecule has 424 valence electrons. The quantitative estimate of drug-likeness (QED) is 0.183. The molecular formula is C67H156. The highest BCUT2D eigenvalue weighted by atomic mass is 14.2. The van der Waals surface area contributed by atoms with Crippen LogP contribution in [0.3, 0.4) is 0 Å². The van der Waals surface area contributed by atoms with Crippen molar-refractivity contribution in [3.63, 3.8) is 0 Å². The third-order valence-electron chi connectivity index (χ3n) is 12.2. The van der Waals surface area contributed by atoms with Gasteiger partial charge in [-0.3, -0.25) is 0 Å². The summed E-state index contributed by atoms with van der Waals surface area (Å²) in [5.41, 5.74) is 0.384. The third-order valence-corrected chi connectivity index (χ3v) is 12.2. The Bertz CT molecular complexity index is 1200. The molecule has 0 aromatic rings. The summed E-state index contributed by atoms with van der Waals surface area (Å²) in [4.78, 5) is 0. The molecule has 0 aliphatic rings. The zero-order chi connectivity index (χ0) is 68.9. The van der Waals surface area contributed by atoms with Crippen molar-refractivity contribution in [1.82, 2.24) is 0 Å². The van der Waals surface area contributed by atoms with Gasteiger partial charge >= 0.3 is 0 Å². The molecule has 0 heterocycles. The predicted molar refractivity (Wildman–Crippen MR) is 331 cm³/mol. The molecule has 0 radical (unpaired) electrons. The Morgan fingerprint density at radius 1 is 0.403 bits per heavy atom. The molecule has 0 saturated heterocycles. The lowest BCUT2D eigenvalue weighted by Crippen LogP contribution is -2.15. The molecule has 0 aromatic heterocycles. The van der Waals surface area contributed by atoms with Gasteiger partial charge in [0.05, 0.1) is 0 Å². The number of hydrogen-bond acceptors (Lipinski definition) is 0. The summed E-state index contributed by atoms with van der Waals surface area (Å²) in [6, 6.07) is 0. The van der Waals surface area contributed by atoms with Crippen LogP contribution in [0.25, 0.3) is 0 Å². The molecule has 0 bridgehead atoms. The molecule has 0 nitrogen and oxygen atoms in total. The first-order valence-corrected chi connectivity index (χ1v) is 27.5. The fourth-order valence-electron chi connectivity index (χ4n) is 1.86. The van der Waals surface area contributed by atoms with Gasteiger partial charge in [0.25, 0.3) is 0 Å². The molecule has 0 amide bonds. The molecule has 0 aromatic carbocycles. The lowest BCUT2D eigenvalue weighted by atomic mass is 9.81. The van der Waals surface area contributed by atoms with Crippen LogP contribution >= 0.6 is 0 Å². The van der Waals surface area contributed by atoms with Gasteiger partial charge in [-0.15, -0.1) is 0 Å². The van der Waals surface area contributed by atoms with Crippen LogP contribution in [-0.2, 0) is 0 Å².